The normalized spacial score (nSPS) is 28.9. The number of esters is 3. The van der Waals surface area contributed by atoms with Crippen LogP contribution in [0.5, 0.6) is 0 Å². The standard InChI is InChI=1S/C16H26O9/c1-5-6-7-21-13-12(8-17)25-16(24-11(4)20)15(23-10(3)19)14(13)22-9(2)18/h12-17H,5-8H2,1-4H3/t12-,13-,14+,15+,16+/m1/s1. The van der Waals surface area contributed by atoms with E-state index in [-0.39, 0.29) is 0 Å². The Balaban J connectivity index is 3.12. The van der Waals surface area contributed by atoms with Crippen LogP contribution in [0.15, 0.2) is 0 Å². The summed E-state index contributed by atoms with van der Waals surface area (Å²) in [6.45, 7) is 5.38. The van der Waals surface area contributed by atoms with Crippen LogP contribution in [0.1, 0.15) is 40.5 Å². The average Bonchev–Trinajstić information content (AvgIpc) is 2.50. The lowest BCUT2D eigenvalue weighted by atomic mass is 9.98. The number of aliphatic hydroxyl groups excluding tert-OH is 1. The van der Waals surface area contributed by atoms with E-state index in [0.717, 1.165) is 19.8 Å². The molecule has 9 nitrogen and oxygen atoms in total. The summed E-state index contributed by atoms with van der Waals surface area (Å²) in [4.78, 5) is 34.3. The van der Waals surface area contributed by atoms with Gasteiger partial charge in [0, 0.05) is 27.4 Å². The minimum atomic E-state index is -1.33. The van der Waals surface area contributed by atoms with E-state index in [4.69, 9.17) is 23.7 Å². The number of carbonyl (C=O) groups excluding carboxylic acids is 3. The van der Waals surface area contributed by atoms with Crippen LogP contribution >= 0.6 is 0 Å². The van der Waals surface area contributed by atoms with Crippen molar-refractivity contribution in [2.75, 3.05) is 13.2 Å². The Bertz CT molecular complexity index is 465. The fraction of sp³-hybridized carbons (Fsp3) is 0.812. The fourth-order valence-corrected chi connectivity index (χ4v) is 2.49. The van der Waals surface area contributed by atoms with Crippen LogP contribution in [0, 0.1) is 0 Å². The number of rotatable bonds is 8. The van der Waals surface area contributed by atoms with Gasteiger partial charge in [0.05, 0.1) is 6.61 Å². The molecule has 1 heterocycles. The zero-order valence-corrected chi connectivity index (χ0v) is 14.9. The Labute approximate surface area is 146 Å². The molecule has 1 rings (SSSR count). The van der Waals surface area contributed by atoms with Crippen molar-refractivity contribution in [2.24, 2.45) is 0 Å². The molecule has 0 unspecified atom stereocenters. The van der Waals surface area contributed by atoms with Crippen molar-refractivity contribution in [1.82, 2.24) is 0 Å². The molecule has 0 spiro atoms. The van der Waals surface area contributed by atoms with Gasteiger partial charge in [-0.15, -0.1) is 0 Å². The van der Waals surface area contributed by atoms with Crippen LogP contribution in [0.4, 0.5) is 0 Å². The number of unbranched alkanes of at least 4 members (excludes halogenated alkanes) is 1. The highest BCUT2D eigenvalue weighted by molar-refractivity contribution is 5.68. The second kappa shape index (κ2) is 10.3. The van der Waals surface area contributed by atoms with E-state index in [1.54, 1.807) is 0 Å². The van der Waals surface area contributed by atoms with E-state index in [1.807, 2.05) is 6.92 Å². The smallest absolute Gasteiger partial charge is 0.305 e. The molecular weight excluding hydrogens is 336 g/mol. The third-order valence-electron chi connectivity index (χ3n) is 3.47. The van der Waals surface area contributed by atoms with E-state index < -0.39 is 55.2 Å². The molecule has 144 valence electrons. The summed E-state index contributed by atoms with van der Waals surface area (Å²) in [6, 6.07) is 0. The van der Waals surface area contributed by atoms with Crippen molar-refractivity contribution in [3.05, 3.63) is 0 Å². The van der Waals surface area contributed by atoms with Gasteiger partial charge in [-0.05, 0) is 6.42 Å². The first-order valence-electron chi connectivity index (χ1n) is 8.19. The maximum Gasteiger partial charge on any atom is 0.305 e. The average molecular weight is 362 g/mol. The van der Waals surface area contributed by atoms with E-state index in [9.17, 15) is 19.5 Å². The molecule has 0 aromatic rings. The lowest BCUT2D eigenvalue weighted by Gasteiger charge is -2.43. The number of carbonyl (C=O) groups is 3. The molecule has 1 N–H and O–H groups in total. The summed E-state index contributed by atoms with van der Waals surface area (Å²) >= 11 is 0. The summed E-state index contributed by atoms with van der Waals surface area (Å²) in [7, 11) is 0. The van der Waals surface area contributed by atoms with Crippen molar-refractivity contribution < 1.29 is 43.2 Å². The molecule has 0 saturated carbocycles. The van der Waals surface area contributed by atoms with E-state index in [1.165, 1.54) is 13.8 Å². The topological polar surface area (TPSA) is 118 Å². The fourth-order valence-electron chi connectivity index (χ4n) is 2.49. The van der Waals surface area contributed by atoms with Crippen molar-refractivity contribution >= 4 is 17.9 Å². The molecule has 0 bridgehead atoms. The number of ether oxygens (including phenoxy) is 5. The van der Waals surface area contributed by atoms with E-state index >= 15 is 0 Å². The maximum absolute atomic E-state index is 11.5. The molecular formula is C16H26O9. The van der Waals surface area contributed by atoms with Gasteiger partial charge in [0.15, 0.2) is 6.10 Å². The lowest BCUT2D eigenvalue weighted by molar-refractivity contribution is -0.303. The Kier molecular flexibility index (Phi) is 8.81. The minimum absolute atomic E-state index is 0.337. The SMILES string of the molecule is CCCCO[C@H]1[C@H](OC(C)=O)[C@H](OC(C)=O)[C@@H](OC(C)=O)O[C@@H]1CO. The molecule has 1 aliphatic rings. The zero-order valence-electron chi connectivity index (χ0n) is 14.9. The molecule has 25 heavy (non-hydrogen) atoms. The highest BCUT2D eigenvalue weighted by Gasteiger charge is 2.51. The van der Waals surface area contributed by atoms with Crippen LogP contribution in [0.2, 0.25) is 0 Å². The molecule has 1 aliphatic heterocycles. The van der Waals surface area contributed by atoms with Gasteiger partial charge in [-0.25, -0.2) is 0 Å². The van der Waals surface area contributed by atoms with Crippen LogP contribution < -0.4 is 0 Å². The van der Waals surface area contributed by atoms with Gasteiger partial charge in [-0.2, -0.15) is 0 Å². The second-order valence-corrected chi connectivity index (χ2v) is 5.67. The van der Waals surface area contributed by atoms with Crippen molar-refractivity contribution in [3.8, 4) is 0 Å². The molecule has 1 saturated heterocycles. The van der Waals surface area contributed by atoms with Crippen molar-refractivity contribution in [2.45, 2.75) is 71.2 Å². The summed E-state index contributed by atoms with van der Waals surface area (Å²) in [5.41, 5.74) is 0. The molecule has 9 heteroatoms. The summed E-state index contributed by atoms with van der Waals surface area (Å²) in [5.74, 6) is -1.98. The zero-order chi connectivity index (χ0) is 19.0. The highest BCUT2D eigenvalue weighted by atomic mass is 16.7. The van der Waals surface area contributed by atoms with Crippen LogP contribution in [0.3, 0.4) is 0 Å². The van der Waals surface area contributed by atoms with Crippen LogP contribution in [-0.2, 0) is 38.1 Å². The Morgan fingerprint density at radius 3 is 1.96 bits per heavy atom. The molecule has 0 aromatic carbocycles. The quantitative estimate of drug-likeness (QED) is 0.370. The van der Waals surface area contributed by atoms with Gasteiger partial charge >= 0.3 is 17.9 Å². The summed E-state index contributed by atoms with van der Waals surface area (Å²) in [6.07, 6.45) is -3.80. The second-order valence-electron chi connectivity index (χ2n) is 5.67. The highest BCUT2D eigenvalue weighted by Crippen LogP contribution is 2.29. The molecule has 5 atom stereocenters. The van der Waals surface area contributed by atoms with Crippen LogP contribution in [-0.4, -0.2) is 66.9 Å². The van der Waals surface area contributed by atoms with Crippen LogP contribution in [0.25, 0.3) is 0 Å². The van der Waals surface area contributed by atoms with Crippen molar-refractivity contribution in [3.63, 3.8) is 0 Å². The van der Waals surface area contributed by atoms with E-state index in [2.05, 4.69) is 0 Å². The van der Waals surface area contributed by atoms with Gasteiger partial charge in [-0.3, -0.25) is 14.4 Å². The maximum atomic E-state index is 11.5. The van der Waals surface area contributed by atoms with Gasteiger partial charge in [0.2, 0.25) is 12.4 Å². The predicted molar refractivity (Wildman–Crippen MR) is 83.3 cm³/mol. The largest absolute Gasteiger partial charge is 0.455 e. The third-order valence-corrected chi connectivity index (χ3v) is 3.47. The number of aliphatic hydroxyl groups is 1. The molecule has 0 radical (unpaired) electrons. The first-order chi connectivity index (χ1) is 11.8. The van der Waals surface area contributed by atoms with E-state index in [0.29, 0.717) is 6.61 Å². The summed E-state index contributed by atoms with van der Waals surface area (Å²) in [5, 5.41) is 9.60. The molecule has 0 amide bonds. The summed E-state index contributed by atoms with van der Waals surface area (Å²) < 4.78 is 26.7. The minimum Gasteiger partial charge on any atom is -0.455 e. The Morgan fingerprint density at radius 1 is 0.920 bits per heavy atom. The first-order valence-corrected chi connectivity index (χ1v) is 8.19. The molecule has 0 aromatic heterocycles. The number of hydrogen-bond donors (Lipinski definition) is 1. The van der Waals surface area contributed by atoms with Gasteiger partial charge in [-0.1, -0.05) is 13.3 Å². The molecule has 1 fully saturated rings. The first kappa shape index (κ1) is 21.3. The van der Waals surface area contributed by atoms with Gasteiger partial charge in [0.1, 0.15) is 12.2 Å². The number of hydrogen-bond acceptors (Lipinski definition) is 9. The Hall–Kier alpha value is -1.71. The Morgan fingerprint density at radius 2 is 1.48 bits per heavy atom. The molecule has 0 aliphatic carbocycles. The monoisotopic (exact) mass is 362 g/mol. The van der Waals surface area contributed by atoms with Gasteiger partial charge < -0.3 is 28.8 Å². The lowest BCUT2D eigenvalue weighted by Crippen LogP contribution is -2.62. The van der Waals surface area contributed by atoms with Gasteiger partial charge in [0.25, 0.3) is 0 Å². The van der Waals surface area contributed by atoms with Crippen molar-refractivity contribution in [1.29, 1.82) is 0 Å². The third kappa shape index (κ3) is 6.60. The predicted octanol–water partition coefficient (Wildman–Crippen LogP) is 0.315.